The van der Waals surface area contributed by atoms with Crippen molar-refractivity contribution in [3.8, 4) is 5.75 Å². The maximum absolute atomic E-state index is 12.7. The van der Waals surface area contributed by atoms with E-state index in [2.05, 4.69) is 28.2 Å². The van der Waals surface area contributed by atoms with Crippen molar-refractivity contribution in [2.24, 2.45) is 0 Å². The van der Waals surface area contributed by atoms with Crippen molar-refractivity contribution in [1.29, 1.82) is 0 Å². The highest BCUT2D eigenvalue weighted by atomic mass is 79.9. The van der Waals surface area contributed by atoms with Crippen LogP contribution in [-0.4, -0.2) is 36.5 Å². The fourth-order valence-corrected chi connectivity index (χ4v) is 3.31. The van der Waals surface area contributed by atoms with Gasteiger partial charge in [-0.1, -0.05) is 30.3 Å². The molecule has 2 aromatic rings. The third-order valence-electron chi connectivity index (χ3n) is 4.08. The van der Waals surface area contributed by atoms with Crippen molar-refractivity contribution in [2.45, 2.75) is 19.6 Å². The van der Waals surface area contributed by atoms with Gasteiger partial charge >= 0.3 is 0 Å². The molecule has 0 aromatic heterocycles. The van der Waals surface area contributed by atoms with Crippen molar-refractivity contribution in [2.75, 3.05) is 19.6 Å². The average molecular weight is 389 g/mol. The summed E-state index contributed by atoms with van der Waals surface area (Å²) in [5.74, 6) is 0.806. The Hall–Kier alpha value is -1.85. The monoisotopic (exact) mass is 388 g/mol. The Labute approximate surface area is 150 Å². The van der Waals surface area contributed by atoms with Crippen molar-refractivity contribution in [3.05, 3.63) is 64.1 Å². The molecule has 4 nitrogen and oxygen atoms in total. The smallest absolute Gasteiger partial charge is 0.255 e. The zero-order chi connectivity index (χ0) is 16.9. The van der Waals surface area contributed by atoms with E-state index < -0.39 is 0 Å². The van der Waals surface area contributed by atoms with Crippen molar-refractivity contribution >= 4 is 21.8 Å². The van der Waals surface area contributed by atoms with E-state index in [1.165, 1.54) is 0 Å². The molecule has 24 heavy (non-hydrogen) atoms. The first kappa shape index (κ1) is 17.0. The molecule has 1 N–H and O–H groups in total. The number of hydrogen-bond donors (Lipinski definition) is 1. The normalized spacial score (nSPS) is 17.6. The van der Waals surface area contributed by atoms with Gasteiger partial charge in [0, 0.05) is 30.1 Å². The molecule has 1 saturated heterocycles. The zero-order valence-electron chi connectivity index (χ0n) is 13.7. The van der Waals surface area contributed by atoms with E-state index in [4.69, 9.17) is 4.74 Å². The van der Waals surface area contributed by atoms with Crippen LogP contribution in [0.25, 0.3) is 0 Å². The summed E-state index contributed by atoms with van der Waals surface area (Å²) in [7, 11) is 0. The largest absolute Gasteiger partial charge is 0.489 e. The number of ether oxygens (including phenoxy) is 1. The molecule has 0 saturated carbocycles. The lowest BCUT2D eigenvalue weighted by molar-refractivity contribution is 0.0708. The van der Waals surface area contributed by atoms with E-state index in [-0.39, 0.29) is 5.91 Å². The van der Waals surface area contributed by atoms with Gasteiger partial charge in [0.05, 0.1) is 5.56 Å². The number of amides is 1. The number of rotatable bonds is 4. The quantitative estimate of drug-likeness (QED) is 0.871. The van der Waals surface area contributed by atoms with E-state index in [1.807, 2.05) is 53.4 Å². The minimum Gasteiger partial charge on any atom is -0.489 e. The van der Waals surface area contributed by atoms with Gasteiger partial charge in [0.2, 0.25) is 0 Å². The van der Waals surface area contributed by atoms with Crippen molar-refractivity contribution < 1.29 is 9.53 Å². The highest BCUT2D eigenvalue weighted by Gasteiger charge is 2.23. The predicted molar refractivity (Wildman–Crippen MR) is 98.3 cm³/mol. The van der Waals surface area contributed by atoms with Crippen LogP contribution >= 0.6 is 15.9 Å². The summed E-state index contributed by atoms with van der Waals surface area (Å²) in [6.07, 6.45) is 0. The lowest BCUT2D eigenvalue weighted by Gasteiger charge is -2.32. The summed E-state index contributed by atoms with van der Waals surface area (Å²) in [5, 5.41) is 3.35. The van der Waals surface area contributed by atoms with E-state index in [0.717, 1.165) is 35.4 Å². The van der Waals surface area contributed by atoms with Crippen LogP contribution in [0.15, 0.2) is 53.0 Å². The molecular weight excluding hydrogens is 368 g/mol. The molecule has 1 fully saturated rings. The summed E-state index contributed by atoms with van der Waals surface area (Å²) in [4.78, 5) is 14.6. The molecule has 1 atom stereocenters. The fourth-order valence-electron chi connectivity index (χ4n) is 2.79. The summed E-state index contributed by atoms with van der Waals surface area (Å²) in [6, 6.07) is 15.9. The number of hydrogen-bond acceptors (Lipinski definition) is 3. The Kier molecular flexibility index (Phi) is 5.53. The van der Waals surface area contributed by atoms with Gasteiger partial charge in [0.15, 0.2) is 0 Å². The minimum atomic E-state index is 0.0600. The van der Waals surface area contributed by atoms with Crippen LogP contribution in [0.3, 0.4) is 0 Å². The van der Waals surface area contributed by atoms with E-state index in [1.54, 1.807) is 0 Å². The first-order valence-electron chi connectivity index (χ1n) is 8.12. The molecule has 1 aliphatic heterocycles. The standard InChI is InChI=1S/C19H21BrN2O2/c1-14-12-22(10-9-21-14)19(23)17-8-7-16(11-18(17)20)24-13-15-5-3-2-4-6-15/h2-8,11,14,21H,9-10,12-13H2,1H3. The van der Waals surface area contributed by atoms with Gasteiger partial charge in [-0.25, -0.2) is 0 Å². The Morgan fingerprint density at radius 1 is 1.29 bits per heavy atom. The van der Waals surface area contributed by atoms with Gasteiger partial charge in [-0.3, -0.25) is 4.79 Å². The second kappa shape index (κ2) is 7.81. The number of benzene rings is 2. The lowest BCUT2D eigenvalue weighted by atomic mass is 10.1. The van der Waals surface area contributed by atoms with Crippen LogP contribution in [0, 0.1) is 0 Å². The maximum Gasteiger partial charge on any atom is 0.255 e. The third kappa shape index (κ3) is 4.16. The van der Waals surface area contributed by atoms with E-state index in [0.29, 0.717) is 18.2 Å². The van der Waals surface area contributed by atoms with Gasteiger partial charge in [-0.15, -0.1) is 0 Å². The topological polar surface area (TPSA) is 41.6 Å². The van der Waals surface area contributed by atoms with E-state index >= 15 is 0 Å². The second-order valence-electron chi connectivity index (χ2n) is 6.02. The summed E-state index contributed by atoms with van der Waals surface area (Å²) >= 11 is 3.51. The Balaban J connectivity index is 1.67. The molecule has 1 amide bonds. The van der Waals surface area contributed by atoms with Crippen LogP contribution in [0.5, 0.6) is 5.75 Å². The van der Waals surface area contributed by atoms with Crippen LogP contribution in [0.1, 0.15) is 22.8 Å². The Bertz CT molecular complexity index is 706. The lowest BCUT2D eigenvalue weighted by Crippen LogP contribution is -2.51. The maximum atomic E-state index is 12.7. The molecule has 126 valence electrons. The molecule has 5 heteroatoms. The molecule has 0 spiro atoms. The van der Waals surface area contributed by atoms with E-state index in [9.17, 15) is 4.79 Å². The Morgan fingerprint density at radius 3 is 2.79 bits per heavy atom. The molecule has 2 aromatic carbocycles. The molecule has 1 heterocycles. The first-order chi connectivity index (χ1) is 11.6. The molecule has 0 aliphatic carbocycles. The summed E-state index contributed by atoms with van der Waals surface area (Å²) in [6.45, 7) is 4.91. The number of carbonyl (C=O) groups excluding carboxylic acids is 1. The average Bonchev–Trinajstić information content (AvgIpc) is 2.60. The van der Waals surface area contributed by atoms with Gasteiger partial charge in [0.1, 0.15) is 12.4 Å². The van der Waals surface area contributed by atoms with Crippen LogP contribution in [0.2, 0.25) is 0 Å². The molecule has 0 bridgehead atoms. The summed E-state index contributed by atoms with van der Waals surface area (Å²) < 4.78 is 6.57. The van der Waals surface area contributed by atoms with Crippen molar-refractivity contribution in [3.63, 3.8) is 0 Å². The number of nitrogens with one attached hydrogen (secondary N) is 1. The molecule has 1 aliphatic rings. The van der Waals surface area contributed by atoms with Gasteiger partial charge < -0.3 is 15.0 Å². The Morgan fingerprint density at radius 2 is 2.08 bits per heavy atom. The van der Waals surface area contributed by atoms with Gasteiger partial charge in [-0.2, -0.15) is 0 Å². The molecule has 0 radical (unpaired) electrons. The summed E-state index contributed by atoms with van der Waals surface area (Å²) in [5.41, 5.74) is 1.79. The second-order valence-corrected chi connectivity index (χ2v) is 6.88. The van der Waals surface area contributed by atoms with Gasteiger partial charge in [-0.05, 0) is 46.6 Å². The first-order valence-corrected chi connectivity index (χ1v) is 8.92. The van der Waals surface area contributed by atoms with Gasteiger partial charge in [0.25, 0.3) is 5.91 Å². The SMILES string of the molecule is CC1CN(C(=O)c2ccc(OCc3ccccc3)cc2Br)CCN1. The number of carbonyl (C=O) groups is 1. The highest BCUT2D eigenvalue weighted by Crippen LogP contribution is 2.25. The molecule has 1 unspecified atom stereocenters. The highest BCUT2D eigenvalue weighted by molar-refractivity contribution is 9.10. The molecular formula is C19H21BrN2O2. The van der Waals surface area contributed by atoms with Crippen molar-refractivity contribution in [1.82, 2.24) is 10.2 Å². The predicted octanol–water partition coefficient (Wildman–Crippen LogP) is 3.46. The zero-order valence-corrected chi connectivity index (χ0v) is 15.3. The number of nitrogens with zero attached hydrogens (tertiary/aromatic N) is 1. The van der Waals surface area contributed by atoms with Crippen LogP contribution in [0.4, 0.5) is 0 Å². The number of halogens is 1. The fraction of sp³-hybridized carbons (Fsp3) is 0.316. The minimum absolute atomic E-state index is 0.0600. The van der Waals surface area contributed by atoms with Crippen LogP contribution in [-0.2, 0) is 6.61 Å². The molecule has 3 rings (SSSR count). The third-order valence-corrected chi connectivity index (χ3v) is 4.73. The van der Waals surface area contributed by atoms with Crippen LogP contribution < -0.4 is 10.1 Å². The number of piperazine rings is 1.